The molecular formula is C30H27ClN4O3S4. The predicted octanol–water partition coefficient (Wildman–Crippen LogP) is 7.09. The first-order valence-electron chi connectivity index (χ1n) is 13.7. The van der Waals surface area contributed by atoms with E-state index in [0.29, 0.717) is 23.7 Å². The molecule has 2 aromatic carbocycles. The molecule has 1 N–H and O–H groups in total. The lowest BCUT2D eigenvalue weighted by Crippen LogP contribution is -2.42. The number of aromatic nitrogens is 1. The van der Waals surface area contributed by atoms with Gasteiger partial charge in [0.2, 0.25) is 5.91 Å². The highest BCUT2D eigenvalue weighted by Gasteiger charge is 2.41. The fourth-order valence-electron chi connectivity index (χ4n) is 5.76. The molecule has 3 aromatic heterocycles. The van der Waals surface area contributed by atoms with Crippen LogP contribution < -0.4 is 5.32 Å². The van der Waals surface area contributed by atoms with Gasteiger partial charge in [-0.05, 0) is 54.7 Å². The first-order valence-corrected chi connectivity index (χ1v) is 18.0. The number of carbonyl (C=O) groups is 1. The summed E-state index contributed by atoms with van der Waals surface area (Å²) in [6.45, 7) is 2.85. The largest absolute Gasteiger partial charge is 0.316 e. The topological polar surface area (TPSA) is 82.6 Å². The highest BCUT2D eigenvalue weighted by atomic mass is 35.5. The number of nitrogens with zero attached hydrogens (tertiary/aromatic N) is 3. The molecule has 2 aliphatic heterocycles. The molecule has 2 aliphatic rings. The number of para-hydroxylation sites is 1. The van der Waals surface area contributed by atoms with Crippen LogP contribution in [0.4, 0.5) is 5.00 Å². The number of rotatable bonds is 7. The highest BCUT2D eigenvalue weighted by Crippen LogP contribution is 2.46. The maximum atomic E-state index is 13.8. The molecule has 0 spiro atoms. The number of hydrogen-bond acceptors (Lipinski definition) is 8. The van der Waals surface area contributed by atoms with Gasteiger partial charge in [-0.25, -0.2) is 13.4 Å². The Labute approximate surface area is 261 Å². The average Bonchev–Trinajstić information content (AvgIpc) is 3.78. The van der Waals surface area contributed by atoms with E-state index in [2.05, 4.69) is 40.5 Å². The summed E-state index contributed by atoms with van der Waals surface area (Å²) in [6.07, 6.45) is 1.94. The number of anilines is 1. The molecule has 0 aliphatic carbocycles. The molecule has 5 aromatic rings. The van der Waals surface area contributed by atoms with E-state index in [-0.39, 0.29) is 10.1 Å². The van der Waals surface area contributed by atoms with Gasteiger partial charge in [0.05, 0.1) is 14.6 Å². The number of hydrogen-bond donors (Lipinski definition) is 1. The van der Waals surface area contributed by atoms with Crippen molar-refractivity contribution in [2.24, 2.45) is 0 Å². The number of carbonyl (C=O) groups excluding carboxylic acids is 1. The molecule has 12 heteroatoms. The molecule has 7 rings (SSSR count). The van der Waals surface area contributed by atoms with Gasteiger partial charge < -0.3 is 5.32 Å². The van der Waals surface area contributed by atoms with Gasteiger partial charge in [0.1, 0.15) is 20.3 Å². The molecule has 42 heavy (non-hydrogen) atoms. The second-order valence-corrected chi connectivity index (χ2v) is 16.4. The third-order valence-electron chi connectivity index (χ3n) is 7.75. The lowest BCUT2D eigenvalue weighted by Gasteiger charge is -2.27. The summed E-state index contributed by atoms with van der Waals surface area (Å²) in [5.41, 5.74) is 4.40. The zero-order chi connectivity index (χ0) is 28.8. The molecule has 0 bridgehead atoms. The summed E-state index contributed by atoms with van der Waals surface area (Å²) in [4.78, 5) is 22.4. The van der Waals surface area contributed by atoms with Gasteiger partial charge >= 0.3 is 0 Å². The van der Waals surface area contributed by atoms with Gasteiger partial charge in [0.25, 0.3) is 10.0 Å². The normalized spacial score (nSPS) is 18.0. The summed E-state index contributed by atoms with van der Waals surface area (Å²) in [6, 6.07) is 20.8. The molecule has 0 saturated carbocycles. The smallest absolute Gasteiger partial charge is 0.253 e. The van der Waals surface area contributed by atoms with Crippen molar-refractivity contribution in [3.63, 3.8) is 0 Å². The summed E-state index contributed by atoms with van der Waals surface area (Å²) < 4.78 is 29.9. The van der Waals surface area contributed by atoms with Crippen LogP contribution in [-0.4, -0.2) is 47.6 Å². The number of amides is 1. The van der Waals surface area contributed by atoms with Crippen LogP contribution >= 0.6 is 45.6 Å². The lowest BCUT2D eigenvalue weighted by atomic mass is 10.0. The Bertz CT molecular complexity index is 1850. The number of sulfonamides is 1. The number of halogens is 1. The first kappa shape index (κ1) is 28.1. The van der Waals surface area contributed by atoms with Crippen molar-refractivity contribution < 1.29 is 13.2 Å². The minimum atomic E-state index is -3.83. The monoisotopic (exact) mass is 654 g/mol. The van der Waals surface area contributed by atoms with Crippen molar-refractivity contribution in [1.82, 2.24) is 14.2 Å². The molecule has 7 nitrogen and oxygen atoms in total. The molecule has 216 valence electrons. The van der Waals surface area contributed by atoms with E-state index in [0.717, 1.165) is 63.2 Å². The summed E-state index contributed by atoms with van der Waals surface area (Å²) in [5, 5.41) is 4.80. The van der Waals surface area contributed by atoms with Gasteiger partial charge in [0.15, 0.2) is 0 Å². The van der Waals surface area contributed by atoms with E-state index in [1.165, 1.54) is 26.4 Å². The van der Waals surface area contributed by atoms with E-state index in [9.17, 15) is 13.2 Å². The van der Waals surface area contributed by atoms with Crippen LogP contribution in [0.25, 0.3) is 20.8 Å². The van der Waals surface area contributed by atoms with E-state index >= 15 is 0 Å². The molecule has 1 saturated heterocycles. The molecule has 1 fully saturated rings. The quantitative estimate of drug-likeness (QED) is 0.203. The molecule has 1 amide bonds. The van der Waals surface area contributed by atoms with Crippen LogP contribution in [-0.2, 0) is 34.3 Å². The standard InChI is InChI=1S/C30H27ClN4O3S4/c31-25-12-13-26(41-25)42(37,38)35-15-6-10-22(35)28(36)33-30-27(29-32-21-9-4-5-11-23(21)39-29)20-14-16-34(18-24(20)40-30)17-19-7-2-1-3-8-19/h1-5,7-9,11-13,22H,6,10,14-18H2,(H,33,36). The third-order valence-corrected chi connectivity index (χ3v) is 13.5. The Morgan fingerprint density at radius 1 is 1.00 bits per heavy atom. The molecule has 1 atom stereocenters. The molecule has 0 radical (unpaired) electrons. The maximum absolute atomic E-state index is 13.8. The van der Waals surface area contributed by atoms with Gasteiger partial charge in [-0.15, -0.1) is 34.0 Å². The Morgan fingerprint density at radius 3 is 2.60 bits per heavy atom. The number of benzene rings is 2. The minimum Gasteiger partial charge on any atom is -0.316 e. The first-order chi connectivity index (χ1) is 20.4. The maximum Gasteiger partial charge on any atom is 0.253 e. The van der Waals surface area contributed by atoms with Crippen LogP contribution in [0.2, 0.25) is 4.34 Å². The predicted molar refractivity (Wildman–Crippen MR) is 172 cm³/mol. The fourth-order valence-corrected chi connectivity index (χ4v) is 11.4. The Hall–Kier alpha value is -2.64. The van der Waals surface area contributed by atoms with E-state index in [4.69, 9.17) is 16.6 Å². The van der Waals surface area contributed by atoms with E-state index < -0.39 is 16.1 Å². The zero-order valence-electron chi connectivity index (χ0n) is 22.5. The van der Waals surface area contributed by atoms with E-state index in [1.807, 2.05) is 24.3 Å². The number of thiophene rings is 2. The van der Waals surface area contributed by atoms with Crippen molar-refractivity contribution in [2.45, 2.75) is 42.6 Å². The van der Waals surface area contributed by atoms with Gasteiger partial charge in [-0.3, -0.25) is 9.69 Å². The Morgan fingerprint density at radius 2 is 1.81 bits per heavy atom. The van der Waals surface area contributed by atoms with E-state index in [1.54, 1.807) is 28.7 Å². The summed E-state index contributed by atoms with van der Waals surface area (Å²) in [7, 11) is -3.83. The van der Waals surface area contributed by atoms with Crippen LogP contribution in [0, 0.1) is 0 Å². The van der Waals surface area contributed by atoms with Crippen molar-refractivity contribution >= 4 is 76.8 Å². The van der Waals surface area contributed by atoms with Crippen LogP contribution in [0.15, 0.2) is 70.9 Å². The second kappa shape index (κ2) is 11.5. The molecule has 1 unspecified atom stereocenters. The van der Waals surface area contributed by atoms with Crippen molar-refractivity contribution in [2.75, 3.05) is 18.4 Å². The van der Waals surface area contributed by atoms with Gasteiger partial charge in [0, 0.05) is 36.6 Å². The number of fused-ring (bicyclic) bond motifs is 2. The minimum absolute atomic E-state index is 0.160. The van der Waals surface area contributed by atoms with Crippen LogP contribution in [0.5, 0.6) is 0 Å². The van der Waals surface area contributed by atoms with Crippen molar-refractivity contribution in [3.8, 4) is 10.6 Å². The number of thiazole rings is 1. The second-order valence-electron chi connectivity index (χ2n) is 10.5. The fraction of sp³-hybridized carbons (Fsp3) is 0.267. The van der Waals surface area contributed by atoms with Gasteiger partial charge in [-0.1, -0.05) is 54.1 Å². The van der Waals surface area contributed by atoms with Crippen LogP contribution in [0.3, 0.4) is 0 Å². The summed E-state index contributed by atoms with van der Waals surface area (Å²) >= 11 is 10.3. The zero-order valence-corrected chi connectivity index (χ0v) is 26.5. The third kappa shape index (κ3) is 5.32. The van der Waals surface area contributed by atoms with Crippen molar-refractivity contribution in [1.29, 1.82) is 0 Å². The SMILES string of the molecule is O=C(Nc1sc2c(c1-c1nc3ccccc3s1)CCN(Cc1ccccc1)C2)C1CCCN1S(=O)(=O)c1ccc(Cl)s1. The Kier molecular flexibility index (Phi) is 7.68. The lowest BCUT2D eigenvalue weighted by molar-refractivity contribution is -0.119. The molecular weight excluding hydrogens is 628 g/mol. The van der Waals surface area contributed by atoms with Crippen molar-refractivity contribution in [3.05, 3.63) is 87.1 Å². The van der Waals surface area contributed by atoms with Crippen LogP contribution in [0.1, 0.15) is 28.8 Å². The summed E-state index contributed by atoms with van der Waals surface area (Å²) in [5.74, 6) is -0.305. The highest BCUT2D eigenvalue weighted by molar-refractivity contribution is 7.91. The average molecular weight is 655 g/mol. The Balaban J connectivity index is 1.21. The van der Waals surface area contributed by atoms with Gasteiger partial charge in [-0.2, -0.15) is 4.31 Å². The molecule has 5 heterocycles. The number of nitrogens with one attached hydrogen (secondary N) is 1.